The van der Waals surface area contributed by atoms with Crippen LogP contribution in [0.4, 0.5) is 5.69 Å². The van der Waals surface area contributed by atoms with Crippen molar-refractivity contribution in [1.29, 1.82) is 0 Å². The summed E-state index contributed by atoms with van der Waals surface area (Å²) >= 11 is 8.38. The molecule has 0 spiro atoms. The highest BCUT2D eigenvalue weighted by atomic mass is 79.9. The molecule has 0 fully saturated rings. The minimum atomic E-state index is 0.126. The van der Waals surface area contributed by atoms with Gasteiger partial charge in [-0.15, -0.1) is 11.3 Å². The molecule has 0 atom stereocenters. The second-order valence-corrected chi connectivity index (χ2v) is 8.26. The maximum absolute atomic E-state index is 12.4. The lowest BCUT2D eigenvalue weighted by Crippen LogP contribution is -2.29. The maximum Gasteiger partial charge on any atom is 0.184 e. The molecule has 0 saturated carbocycles. The second-order valence-electron chi connectivity index (χ2n) is 4.51. The molecule has 2 rings (SSSR count). The van der Waals surface area contributed by atoms with Gasteiger partial charge in [-0.05, 0) is 63.9 Å². The fraction of sp³-hybridized carbons (Fsp3) is 0.267. The van der Waals surface area contributed by atoms with Crippen LogP contribution >= 0.6 is 43.2 Å². The molecule has 1 heterocycles. The van der Waals surface area contributed by atoms with Crippen molar-refractivity contribution in [2.45, 2.75) is 13.8 Å². The van der Waals surface area contributed by atoms with E-state index in [1.165, 1.54) is 16.9 Å². The number of anilines is 1. The van der Waals surface area contributed by atoms with E-state index < -0.39 is 0 Å². The average molecular weight is 417 g/mol. The van der Waals surface area contributed by atoms with Crippen molar-refractivity contribution in [3.8, 4) is 0 Å². The average Bonchev–Trinajstić information content (AvgIpc) is 2.76. The first-order valence-electron chi connectivity index (χ1n) is 6.31. The Morgan fingerprint density at radius 1 is 1.25 bits per heavy atom. The molecule has 20 heavy (non-hydrogen) atoms. The van der Waals surface area contributed by atoms with Gasteiger partial charge in [0.25, 0.3) is 0 Å². The van der Waals surface area contributed by atoms with Crippen molar-refractivity contribution in [2.24, 2.45) is 0 Å². The van der Waals surface area contributed by atoms with Gasteiger partial charge in [0.05, 0.1) is 14.1 Å². The molecule has 1 aromatic heterocycles. The number of hydrogen-bond acceptors (Lipinski definition) is 3. The van der Waals surface area contributed by atoms with E-state index in [4.69, 9.17) is 0 Å². The van der Waals surface area contributed by atoms with Gasteiger partial charge >= 0.3 is 0 Å². The fourth-order valence-corrected chi connectivity index (χ4v) is 4.79. The van der Waals surface area contributed by atoms with Gasteiger partial charge in [-0.2, -0.15) is 0 Å². The van der Waals surface area contributed by atoms with Gasteiger partial charge in [-0.25, -0.2) is 0 Å². The number of nitrogens with zero attached hydrogens (tertiary/aromatic N) is 1. The molecule has 106 valence electrons. The van der Waals surface area contributed by atoms with E-state index in [1.807, 2.05) is 6.07 Å². The topological polar surface area (TPSA) is 20.3 Å². The molecule has 0 aliphatic heterocycles. The van der Waals surface area contributed by atoms with E-state index in [0.717, 1.165) is 25.4 Å². The Bertz CT molecular complexity index is 607. The van der Waals surface area contributed by atoms with Gasteiger partial charge in [0.1, 0.15) is 0 Å². The number of thiophene rings is 1. The standard InChI is InChI=1S/C15H15Br2NOS/c1-3-18(11-6-4-10(2)5-7-11)9-13(19)12-8-14(16)20-15(12)17/h4-8H,3,9H2,1-2H3. The third-order valence-electron chi connectivity index (χ3n) is 3.07. The zero-order valence-electron chi connectivity index (χ0n) is 11.3. The number of halogens is 2. The van der Waals surface area contributed by atoms with Crippen LogP contribution in [-0.4, -0.2) is 18.9 Å². The van der Waals surface area contributed by atoms with Crippen LogP contribution in [0.25, 0.3) is 0 Å². The van der Waals surface area contributed by atoms with Gasteiger partial charge < -0.3 is 4.90 Å². The summed E-state index contributed by atoms with van der Waals surface area (Å²) in [7, 11) is 0. The number of Topliss-reactive ketones (excluding diaryl/α,β-unsaturated/α-hetero) is 1. The number of rotatable bonds is 5. The van der Waals surface area contributed by atoms with Crippen LogP contribution in [0.5, 0.6) is 0 Å². The largest absolute Gasteiger partial charge is 0.364 e. The zero-order chi connectivity index (χ0) is 14.7. The van der Waals surface area contributed by atoms with Gasteiger partial charge in [-0.1, -0.05) is 17.7 Å². The van der Waals surface area contributed by atoms with Crippen molar-refractivity contribution in [2.75, 3.05) is 18.0 Å². The molecular weight excluding hydrogens is 402 g/mol. The van der Waals surface area contributed by atoms with E-state index in [1.54, 1.807) is 0 Å². The summed E-state index contributed by atoms with van der Waals surface area (Å²) in [5.74, 6) is 0.126. The first kappa shape index (κ1) is 15.7. The molecule has 0 unspecified atom stereocenters. The van der Waals surface area contributed by atoms with Crippen molar-refractivity contribution >= 4 is 54.7 Å². The SMILES string of the molecule is CCN(CC(=O)c1cc(Br)sc1Br)c1ccc(C)cc1. The second kappa shape index (κ2) is 6.87. The molecular formula is C15H15Br2NOS. The van der Waals surface area contributed by atoms with Crippen molar-refractivity contribution in [3.63, 3.8) is 0 Å². The zero-order valence-corrected chi connectivity index (χ0v) is 15.3. The number of ketones is 1. The van der Waals surface area contributed by atoms with E-state index in [2.05, 4.69) is 74.9 Å². The highest BCUT2D eigenvalue weighted by molar-refractivity contribution is 9.12. The third-order valence-corrected chi connectivity index (χ3v) is 5.41. The third kappa shape index (κ3) is 3.71. The van der Waals surface area contributed by atoms with Crippen molar-refractivity contribution in [1.82, 2.24) is 0 Å². The lowest BCUT2D eigenvalue weighted by molar-refractivity contribution is 0.0999. The maximum atomic E-state index is 12.4. The molecule has 2 nitrogen and oxygen atoms in total. The fourth-order valence-electron chi connectivity index (χ4n) is 1.93. The molecule has 0 bridgehead atoms. The Morgan fingerprint density at radius 3 is 2.40 bits per heavy atom. The predicted octanol–water partition coefficient (Wildman–Crippen LogP) is 5.29. The van der Waals surface area contributed by atoms with E-state index in [0.29, 0.717) is 6.54 Å². The first-order valence-corrected chi connectivity index (χ1v) is 8.71. The first-order chi connectivity index (χ1) is 9.51. The van der Waals surface area contributed by atoms with Crippen molar-refractivity contribution in [3.05, 3.63) is 49.0 Å². The molecule has 2 aromatic rings. The predicted molar refractivity (Wildman–Crippen MR) is 93.1 cm³/mol. The molecule has 5 heteroatoms. The van der Waals surface area contributed by atoms with Crippen LogP contribution in [0.3, 0.4) is 0 Å². The van der Waals surface area contributed by atoms with E-state index in [9.17, 15) is 4.79 Å². The smallest absolute Gasteiger partial charge is 0.184 e. The highest BCUT2D eigenvalue weighted by Crippen LogP contribution is 2.32. The van der Waals surface area contributed by atoms with Crippen LogP contribution in [0, 0.1) is 6.92 Å². The number of carbonyl (C=O) groups is 1. The van der Waals surface area contributed by atoms with Crippen LogP contribution in [0.1, 0.15) is 22.8 Å². The number of hydrogen-bond donors (Lipinski definition) is 0. The van der Waals surface area contributed by atoms with Crippen LogP contribution in [0.15, 0.2) is 37.9 Å². The Balaban J connectivity index is 2.16. The summed E-state index contributed by atoms with van der Waals surface area (Å²) in [6.07, 6.45) is 0. The van der Waals surface area contributed by atoms with Crippen molar-refractivity contribution < 1.29 is 4.79 Å². The molecule has 0 aliphatic carbocycles. The summed E-state index contributed by atoms with van der Waals surface area (Å²) in [5, 5.41) is 0. The highest BCUT2D eigenvalue weighted by Gasteiger charge is 2.16. The Kier molecular flexibility index (Phi) is 5.41. The van der Waals surface area contributed by atoms with E-state index >= 15 is 0 Å². The Hall–Kier alpha value is -0.650. The molecule has 0 aliphatic rings. The van der Waals surface area contributed by atoms with Crippen LogP contribution in [-0.2, 0) is 0 Å². The molecule has 1 aromatic carbocycles. The Morgan fingerprint density at radius 2 is 1.90 bits per heavy atom. The molecule has 0 N–H and O–H groups in total. The summed E-state index contributed by atoms with van der Waals surface area (Å²) in [5.41, 5.74) is 3.05. The molecule has 0 saturated heterocycles. The Labute approximate surface area is 140 Å². The lowest BCUT2D eigenvalue weighted by atomic mass is 10.1. The summed E-state index contributed by atoms with van der Waals surface area (Å²) < 4.78 is 1.85. The van der Waals surface area contributed by atoms with Gasteiger partial charge in [0.15, 0.2) is 5.78 Å². The summed E-state index contributed by atoms with van der Waals surface area (Å²) in [4.78, 5) is 14.5. The number of aryl methyl sites for hydroxylation is 1. The summed E-state index contributed by atoms with van der Waals surface area (Å²) in [6, 6.07) is 10.1. The minimum absolute atomic E-state index is 0.126. The number of carbonyl (C=O) groups excluding carboxylic acids is 1. The molecule has 0 amide bonds. The minimum Gasteiger partial charge on any atom is -0.364 e. The van der Waals surface area contributed by atoms with Gasteiger partial charge in [0.2, 0.25) is 0 Å². The van der Waals surface area contributed by atoms with Crippen LogP contribution in [0.2, 0.25) is 0 Å². The number of likely N-dealkylation sites (N-methyl/N-ethyl adjacent to an activating group) is 1. The monoisotopic (exact) mass is 415 g/mol. The lowest BCUT2D eigenvalue weighted by Gasteiger charge is -2.22. The van der Waals surface area contributed by atoms with Crippen LogP contribution < -0.4 is 4.90 Å². The quantitative estimate of drug-likeness (QED) is 0.617. The molecule has 0 radical (unpaired) electrons. The van der Waals surface area contributed by atoms with Gasteiger partial charge in [0, 0.05) is 17.8 Å². The normalized spacial score (nSPS) is 10.6. The van der Waals surface area contributed by atoms with Gasteiger partial charge in [-0.3, -0.25) is 4.79 Å². The van der Waals surface area contributed by atoms with E-state index in [-0.39, 0.29) is 5.78 Å². The number of benzene rings is 1. The summed E-state index contributed by atoms with van der Waals surface area (Å²) in [6.45, 7) is 5.32.